The Morgan fingerprint density at radius 2 is 1.97 bits per heavy atom. The van der Waals surface area contributed by atoms with E-state index < -0.39 is 0 Å². The minimum atomic E-state index is -0.258. The fraction of sp³-hybridized carbons (Fsp3) is 0.182. The lowest BCUT2D eigenvalue weighted by atomic mass is 10.1. The molecule has 0 unspecified atom stereocenters. The number of anilines is 1. The molecule has 0 aliphatic carbocycles. The smallest absolute Gasteiger partial charge is 0.271 e. The summed E-state index contributed by atoms with van der Waals surface area (Å²) in [4.78, 5) is 32.4. The number of thiazole rings is 1. The molecule has 0 atom stereocenters. The van der Waals surface area contributed by atoms with Crippen LogP contribution in [0, 0.1) is 10.9 Å². The third-order valence-corrected chi connectivity index (χ3v) is 6.96. The summed E-state index contributed by atoms with van der Waals surface area (Å²) in [6.45, 7) is 4.05. The molecule has 0 spiro atoms. The third-order valence-electron chi connectivity index (χ3n) is 4.73. The maximum absolute atomic E-state index is 12.6. The van der Waals surface area contributed by atoms with Gasteiger partial charge in [0.2, 0.25) is 5.91 Å². The first-order chi connectivity index (χ1) is 15.0. The van der Waals surface area contributed by atoms with Crippen LogP contribution in [0.3, 0.4) is 0 Å². The summed E-state index contributed by atoms with van der Waals surface area (Å²) in [7, 11) is 0. The maximum Gasteiger partial charge on any atom is 0.271 e. The zero-order chi connectivity index (χ0) is 22.0. The Kier molecular flexibility index (Phi) is 6.35. The van der Waals surface area contributed by atoms with Crippen molar-refractivity contribution in [3.8, 4) is 5.69 Å². The molecule has 1 amide bonds. The number of carbonyl (C=O) groups is 1. The van der Waals surface area contributed by atoms with Gasteiger partial charge in [0.1, 0.15) is 4.70 Å². The Bertz CT molecular complexity index is 1370. The highest BCUT2D eigenvalue weighted by atomic mass is 32.2. The standard InChI is InChI=1S/C22H20N4O2S3/c1-3-14-6-4-5-7-16(14)23-17(27)12-30-21-24-19-18(20(28)25-21)31-22(29)26(19)15-10-8-13(2)9-11-15/h4-11H,3,12H2,1-2H3,(H,23,27)(H,24,25,28). The molecule has 2 aromatic carbocycles. The molecular weight excluding hydrogens is 448 g/mol. The van der Waals surface area contributed by atoms with E-state index in [-0.39, 0.29) is 17.2 Å². The molecule has 0 aliphatic rings. The fourth-order valence-corrected chi connectivity index (χ4v) is 5.08. The Balaban J connectivity index is 1.59. The van der Waals surface area contributed by atoms with Crippen LogP contribution in [0.5, 0.6) is 0 Å². The van der Waals surface area contributed by atoms with Gasteiger partial charge in [0.25, 0.3) is 5.56 Å². The monoisotopic (exact) mass is 468 g/mol. The van der Waals surface area contributed by atoms with Gasteiger partial charge in [0, 0.05) is 11.4 Å². The van der Waals surface area contributed by atoms with Gasteiger partial charge >= 0.3 is 0 Å². The first-order valence-electron chi connectivity index (χ1n) is 9.69. The molecule has 158 valence electrons. The topological polar surface area (TPSA) is 79.8 Å². The summed E-state index contributed by atoms with van der Waals surface area (Å²) in [6.07, 6.45) is 0.829. The highest BCUT2D eigenvalue weighted by molar-refractivity contribution is 7.99. The first kappa shape index (κ1) is 21.5. The quantitative estimate of drug-likeness (QED) is 0.234. The molecule has 0 saturated heterocycles. The third kappa shape index (κ3) is 4.63. The van der Waals surface area contributed by atoms with E-state index in [1.165, 1.54) is 23.1 Å². The van der Waals surface area contributed by atoms with E-state index in [0.29, 0.717) is 19.5 Å². The van der Waals surface area contributed by atoms with Gasteiger partial charge in [-0.25, -0.2) is 4.98 Å². The van der Waals surface area contributed by atoms with E-state index in [0.717, 1.165) is 28.9 Å². The number of thioether (sulfide) groups is 1. The molecule has 0 fully saturated rings. The maximum atomic E-state index is 12.6. The number of H-pyrrole nitrogens is 1. The van der Waals surface area contributed by atoms with E-state index in [1.54, 1.807) is 4.57 Å². The number of hydrogen-bond acceptors (Lipinski definition) is 6. The van der Waals surface area contributed by atoms with E-state index in [2.05, 4.69) is 15.3 Å². The van der Waals surface area contributed by atoms with Gasteiger partial charge in [0.05, 0.1) is 5.75 Å². The predicted octanol–water partition coefficient (Wildman–Crippen LogP) is 5.11. The van der Waals surface area contributed by atoms with Crippen molar-refractivity contribution in [2.24, 2.45) is 0 Å². The molecule has 0 saturated carbocycles. The second kappa shape index (κ2) is 9.17. The van der Waals surface area contributed by atoms with Crippen LogP contribution in [-0.4, -0.2) is 26.2 Å². The molecule has 31 heavy (non-hydrogen) atoms. The number of aromatic amines is 1. The minimum Gasteiger partial charge on any atom is -0.325 e. The lowest BCUT2D eigenvalue weighted by molar-refractivity contribution is -0.113. The van der Waals surface area contributed by atoms with Crippen LogP contribution in [0.15, 0.2) is 58.5 Å². The SMILES string of the molecule is CCc1ccccc1NC(=O)CSc1nc2c(sc(=S)n2-c2ccc(C)cc2)c(=O)[nH]1. The number of nitrogens with one attached hydrogen (secondary N) is 2. The van der Waals surface area contributed by atoms with Crippen molar-refractivity contribution >= 4 is 57.3 Å². The van der Waals surface area contributed by atoms with Gasteiger partial charge in [0.15, 0.2) is 14.8 Å². The van der Waals surface area contributed by atoms with E-state index in [1.807, 2.05) is 62.4 Å². The summed E-state index contributed by atoms with van der Waals surface area (Å²) in [5.41, 5.74) is 4.10. The predicted molar refractivity (Wildman–Crippen MR) is 130 cm³/mol. The van der Waals surface area contributed by atoms with E-state index in [4.69, 9.17) is 12.2 Å². The first-order valence-corrected chi connectivity index (χ1v) is 11.9. The molecule has 0 radical (unpaired) electrons. The number of aryl methyl sites for hydroxylation is 2. The second-order valence-corrected chi connectivity index (χ2v) is 9.52. The molecule has 2 N–H and O–H groups in total. The van der Waals surface area contributed by atoms with E-state index >= 15 is 0 Å². The normalized spacial score (nSPS) is 11.0. The van der Waals surface area contributed by atoms with Gasteiger partial charge < -0.3 is 10.3 Å². The van der Waals surface area contributed by atoms with Crippen molar-refractivity contribution in [1.82, 2.24) is 14.5 Å². The Morgan fingerprint density at radius 1 is 1.23 bits per heavy atom. The summed E-state index contributed by atoms with van der Waals surface area (Å²) in [6, 6.07) is 15.6. The minimum absolute atomic E-state index is 0.127. The number of carbonyl (C=O) groups excluding carboxylic acids is 1. The average Bonchev–Trinajstić information content (AvgIpc) is 3.10. The number of nitrogens with zero attached hydrogens (tertiary/aromatic N) is 2. The van der Waals surface area contributed by atoms with E-state index in [9.17, 15) is 9.59 Å². The number of para-hydroxylation sites is 1. The second-order valence-electron chi connectivity index (χ2n) is 6.91. The summed E-state index contributed by atoms with van der Waals surface area (Å²) < 4.78 is 2.82. The Morgan fingerprint density at radius 3 is 2.71 bits per heavy atom. The molecule has 9 heteroatoms. The molecule has 4 aromatic rings. The zero-order valence-electron chi connectivity index (χ0n) is 17.0. The van der Waals surface area contributed by atoms with Gasteiger partial charge in [-0.1, -0.05) is 65.9 Å². The number of amides is 1. The van der Waals surface area contributed by atoms with Gasteiger partial charge in [-0.15, -0.1) is 0 Å². The molecule has 2 heterocycles. The van der Waals surface area contributed by atoms with Crippen molar-refractivity contribution in [2.45, 2.75) is 25.4 Å². The summed E-state index contributed by atoms with van der Waals surface area (Å²) >= 11 is 7.90. The van der Waals surface area contributed by atoms with Gasteiger partial charge in [-0.2, -0.15) is 0 Å². The van der Waals surface area contributed by atoms with Crippen molar-refractivity contribution in [1.29, 1.82) is 0 Å². The van der Waals surface area contributed by atoms with Crippen LogP contribution in [0.4, 0.5) is 5.69 Å². The van der Waals surface area contributed by atoms with Gasteiger partial charge in [-0.3, -0.25) is 14.2 Å². The van der Waals surface area contributed by atoms with Gasteiger partial charge in [-0.05, 0) is 49.3 Å². The van der Waals surface area contributed by atoms with Crippen LogP contribution in [0.25, 0.3) is 16.0 Å². The van der Waals surface area contributed by atoms with Crippen LogP contribution >= 0.6 is 35.3 Å². The van der Waals surface area contributed by atoms with Crippen molar-refractivity contribution in [3.05, 3.63) is 74.0 Å². The Hall–Kier alpha value is -2.75. The zero-order valence-corrected chi connectivity index (χ0v) is 19.4. The number of rotatable bonds is 6. The lowest BCUT2D eigenvalue weighted by Gasteiger charge is -2.09. The molecule has 6 nitrogen and oxygen atoms in total. The fourth-order valence-electron chi connectivity index (χ4n) is 3.15. The van der Waals surface area contributed by atoms with Crippen molar-refractivity contribution in [2.75, 3.05) is 11.1 Å². The van der Waals surface area contributed by atoms with Crippen LogP contribution in [0.2, 0.25) is 0 Å². The number of fused-ring (bicyclic) bond motifs is 1. The number of aromatic nitrogens is 3. The van der Waals surface area contributed by atoms with Crippen molar-refractivity contribution in [3.63, 3.8) is 0 Å². The molecule has 0 aliphatic heterocycles. The average molecular weight is 469 g/mol. The van der Waals surface area contributed by atoms with Crippen molar-refractivity contribution < 1.29 is 4.79 Å². The molecule has 0 bridgehead atoms. The highest BCUT2D eigenvalue weighted by Crippen LogP contribution is 2.25. The number of hydrogen-bond donors (Lipinski definition) is 2. The summed E-state index contributed by atoms with van der Waals surface area (Å²) in [5.74, 6) is -0.0311. The lowest BCUT2D eigenvalue weighted by Crippen LogP contribution is -2.16. The highest BCUT2D eigenvalue weighted by Gasteiger charge is 2.15. The van der Waals surface area contributed by atoms with Crippen LogP contribution in [0.1, 0.15) is 18.1 Å². The molecule has 2 aromatic heterocycles. The molecular formula is C22H20N4O2S3. The van der Waals surface area contributed by atoms with Crippen LogP contribution < -0.4 is 10.9 Å². The molecule has 4 rings (SSSR count). The largest absolute Gasteiger partial charge is 0.325 e. The number of benzene rings is 2. The summed E-state index contributed by atoms with van der Waals surface area (Å²) in [5, 5.41) is 3.31. The Labute approximate surface area is 192 Å². The van der Waals surface area contributed by atoms with Crippen LogP contribution in [-0.2, 0) is 11.2 Å².